The third kappa shape index (κ3) is 10.1. The predicted octanol–water partition coefficient (Wildman–Crippen LogP) is 4.60. The molecular weight excluding hydrogens is 342 g/mol. The number of esters is 1. The van der Waals surface area contributed by atoms with E-state index in [4.69, 9.17) is 4.74 Å². The molecular formula is C22H41NO4. The number of carbonyl (C=O) groups excluding carboxylic acids is 2. The van der Waals surface area contributed by atoms with E-state index in [0.29, 0.717) is 6.42 Å². The minimum Gasteiger partial charge on any atom is -0.467 e. The number of aliphatic hydroxyl groups excluding tert-OH is 1. The van der Waals surface area contributed by atoms with Crippen LogP contribution in [0.25, 0.3) is 0 Å². The lowest BCUT2D eigenvalue weighted by molar-refractivity contribution is -0.151. The molecule has 2 atom stereocenters. The molecule has 27 heavy (non-hydrogen) atoms. The normalized spacial score (nSPS) is 19.4. The molecule has 0 aromatic heterocycles. The van der Waals surface area contributed by atoms with Crippen LogP contribution in [0.3, 0.4) is 0 Å². The van der Waals surface area contributed by atoms with Crippen molar-refractivity contribution in [3.05, 3.63) is 0 Å². The molecule has 1 rings (SSSR count). The van der Waals surface area contributed by atoms with Gasteiger partial charge in [0.25, 0.3) is 0 Å². The van der Waals surface area contributed by atoms with E-state index in [2.05, 4.69) is 6.92 Å². The third-order valence-electron chi connectivity index (χ3n) is 5.57. The fourth-order valence-corrected chi connectivity index (χ4v) is 3.89. The molecule has 158 valence electrons. The van der Waals surface area contributed by atoms with Gasteiger partial charge in [0, 0.05) is 19.4 Å². The van der Waals surface area contributed by atoms with Crippen molar-refractivity contribution in [3.8, 4) is 0 Å². The van der Waals surface area contributed by atoms with Gasteiger partial charge in [0.2, 0.25) is 5.91 Å². The van der Waals surface area contributed by atoms with Crippen LogP contribution >= 0.6 is 0 Å². The van der Waals surface area contributed by atoms with Crippen molar-refractivity contribution in [2.75, 3.05) is 13.7 Å². The van der Waals surface area contributed by atoms with Crippen molar-refractivity contribution in [2.24, 2.45) is 0 Å². The summed E-state index contributed by atoms with van der Waals surface area (Å²) in [5, 5.41) is 9.75. The minimum absolute atomic E-state index is 0.0370. The van der Waals surface area contributed by atoms with E-state index < -0.39 is 18.1 Å². The summed E-state index contributed by atoms with van der Waals surface area (Å²) >= 11 is 0. The Kier molecular flexibility index (Phi) is 13.2. The Morgan fingerprint density at radius 1 is 0.889 bits per heavy atom. The van der Waals surface area contributed by atoms with E-state index in [-0.39, 0.29) is 18.9 Å². The second-order valence-electron chi connectivity index (χ2n) is 7.97. The maximum atomic E-state index is 12.3. The molecule has 0 bridgehead atoms. The smallest absolute Gasteiger partial charge is 0.328 e. The highest BCUT2D eigenvalue weighted by atomic mass is 16.5. The van der Waals surface area contributed by atoms with Gasteiger partial charge in [0.1, 0.15) is 6.04 Å². The Morgan fingerprint density at radius 2 is 1.37 bits per heavy atom. The first kappa shape index (κ1) is 23.9. The highest BCUT2D eigenvalue weighted by Crippen LogP contribution is 2.21. The van der Waals surface area contributed by atoms with E-state index >= 15 is 0 Å². The zero-order valence-corrected chi connectivity index (χ0v) is 17.6. The molecule has 0 aromatic rings. The number of hydrogen-bond donors (Lipinski definition) is 1. The quantitative estimate of drug-likeness (QED) is 0.331. The second-order valence-corrected chi connectivity index (χ2v) is 7.97. The van der Waals surface area contributed by atoms with Gasteiger partial charge in [0.15, 0.2) is 0 Å². The molecule has 1 amide bonds. The fourth-order valence-electron chi connectivity index (χ4n) is 3.89. The molecule has 1 heterocycles. The number of ether oxygens (including phenoxy) is 1. The van der Waals surface area contributed by atoms with E-state index in [1.807, 2.05) is 0 Å². The van der Waals surface area contributed by atoms with Gasteiger partial charge < -0.3 is 14.7 Å². The number of likely N-dealkylation sites (tertiary alicyclic amines) is 1. The molecule has 5 heteroatoms. The van der Waals surface area contributed by atoms with Gasteiger partial charge >= 0.3 is 5.97 Å². The van der Waals surface area contributed by atoms with Crippen molar-refractivity contribution in [3.63, 3.8) is 0 Å². The summed E-state index contributed by atoms with van der Waals surface area (Å²) < 4.78 is 4.74. The van der Waals surface area contributed by atoms with Gasteiger partial charge in [0.05, 0.1) is 13.2 Å². The van der Waals surface area contributed by atoms with Crippen LogP contribution < -0.4 is 0 Å². The number of hydrogen-bond acceptors (Lipinski definition) is 4. The average Bonchev–Trinajstić information content (AvgIpc) is 3.06. The molecule has 1 fully saturated rings. The maximum Gasteiger partial charge on any atom is 0.328 e. The van der Waals surface area contributed by atoms with Crippen LogP contribution in [-0.2, 0) is 14.3 Å². The Bertz CT molecular complexity index is 413. The Labute approximate surface area is 165 Å². The van der Waals surface area contributed by atoms with E-state index in [1.54, 1.807) is 0 Å². The first-order valence-electron chi connectivity index (χ1n) is 11.2. The molecule has 1 unspecified atom stereocenters. The topological polar surface area (TPSA) is 66.8 Å². The number of amides is 1. The maximum absolute atomic E-state index is 12.3. The van der Waals surface area contributed by atoms with Gasteiger partial charge in [-0.3, -0.25) is 4.79 Å². The molecule has 0 saturated carbocycles. The molecule has 1 saturated heterocycles. The van der Waals surface area contributed by atoms with Crippen molar-refractivity contribution in [1.29, 1.82) is 0 Å². The second kappa shape index (κ2) is 14.9. The average molecular weight is 384 g/mol. The summed E-state index contributed by atoms with van der Waals surface area (Å²) in [5.74, 6) is -0.463. The third-order valence-corrected chi connectivity index (χ3v) is 5.57. The lowest BCUT2D eigenvalue weighted by Crippen LogP contribution is -2.41. The van der Waals surface area contributed by atoms with Crippen LogP contribution in [0.5, 0.6) is 0 Å². The summed E-state index contributed by atoms with van der Waals surface area (Å²) in [4.78, 5) is 25.6. The molecule has 1 aliphatic rings. The number of aliphatic hydroxyl groups is 1. The molecule has 1 N–H and O–H groups in total. The number of nitrogens with zero attached hydrogens (tertiary/aromatic N) is 1. The number of unbranched alkanes of at least 4 members (excludes halogenated alkanes) is 12. The Morgan fingerprint density at radius 3 is 1.85 bits per heavy atom. The van der Waals surface area contributed by atoms with Crippen LogP contribution in [0, 0.1) is 0 Å². The van der Waals surface area contributed by atoms with E-state index in [9.17, 15) is 14.7 Å². The first-order valence-corrected chi connectivity index (χ1v) is 11.2. The Hall–Kier alpha value is -1.10. The molecule has 0 aliphatic carbocycles. The van der Waals surface area contributed by atoms with Crippen molar-refractivity contribution in [2.45, 2.75) is 115 Å². The number of rotatable bonds is 15. The summed E-state index contributed by atoms with van der Waals surface area (Å²) in [6, 6.07) is -0.612. The summed E-state index contributed by atoms with van der Waals surface area (Å²) in [6.45, 7) is 2.50. The van der Waals surface area contributed by atoms with Crippen LogP contribution in [0.15, 0.2) is 0 Å². The molecule has 0 radical (unpaired) electrons. The SMILES string of the molecule is CCCCCCCCCCCCCCCC(=O)N1CC(O)C[C@H]1C(=O)OC. The van der Waals surface area contributed by atoms with Crippen LogP contribution in [0.1, 0.15) is 103 Å². The summed E-state index contributed by atoms with van der Waals surface area (Å²) in [6.07, 6.45) is 16.7. The minimum atomic E-state index is -0.621. The number of β-amino-alcohol motifs (C(OH)–C–C–N with tert-alkyl or cyclic N) is 1. The summed E-state index contributed by atoms with van der Waals surface area (Å²) in [7, 11) is 1.32. The van der Waals surface area contributed by atoms with Gasteiger partial charge in [-0.1, -0.05) is 84.0 Å². The molecule has 5 nitrogen and oxygen atoms in total. The molecule has 0 aromatic carbocycles. The van der Waals surface area contributed by atoms with Crippen molar-refractivity contribution < 1.29 is 19.4 Å². The predicted molar refractivity (Wildman–Crippen MR) is 108 cm³/mol. The van der Waals surface area contributed by atoms with Crippen LogP contribution in [0.2, 0.25) is 0 Å². The van der Waals surface area contributed by atoms with E-state index in [0.717, 1.165) is 12.8 Å². The standard InChI is InChI=1S/C22H41NO4/c1-3-4-5-6-7-8-9-10-11-12-13-14-15-16-21(25)23-18-19(24)17-20(23)22(26)27-2/h19-20,24H,3-18H2,1-2H3/t19?,20-/m0/s1. The first-order chi connectivity index (χ1) is 13.1. The Balaban J connectivity index is 1.98. The fraction of sp³-hybridized carbons (Fsp3) is 0.909. The molecule has 1 aliphatic heterocycles. The highest BCUT2D eigenvalue weighted by molar-refractivity contribution is 5.85. The monoisotopic (exact) mass is 383 g/mol. The van der Waals surface area contributed by atoms with Crippen molar-refractivity contribution >= 4 is 11.9 Å². The van der Waals surface area contributed by atoms with E-state index in [1.165, 1.54) is 82.6 Å². The van der Waals surface area contributed by atoms with Crippen LogP contribution in [-0.4, -0.2) is 47.7 Å². The lowest BCUT2D eigenvalue weighted by Gasteiger charge is -2.22. The highest BCUT2D eigenvalue weighted by Gasteiger charge is 2.39. The van der Waals surface area contributed by atoms with Gasteiger partial charge in [-0.2, -0.15) is 0 Å². The van der Waals surface area contributed by atoms with Gasteiger partial charge in [-0.15, -0.1) is 0 Å². The number of carbonyl (C=O) groups is 2. The lowest BCUT2D eigenvalue weighted by atomic mass is 10.0. The zero-order chi connectivity index (χ0) is 19.9. The van der Waals surface area contributed by atoms with Crippen molar-refractivity contribution in [1.82, 2.24) is 4.90 Å². The number of methoxy groups -OCH3 is 1. The van der Waals surface area contributed by atoms with Gasteiger partial charge in [-0.25, -0.2) is 4.79 Å². The van der Waals surface area contributed by atoms with Crippen LogP contribution in [0.4, 0.5) is 0 Å². The zero-order valence-electron chi connectivity index (χ0n) is 17.6. The van der Waals surface area contributed by atoms with Gasteiger partial charge in [-0.05, 0) is 6.42 Å². The summed E-state index contributed by atoms with van der Waals surface area (Å²) in [5.41, 5.74) is 0. The molecule has 0 spiro atoms. The largest absolute Gasteiger partial charge is 0.467 e.